The lowest BCUT2D eigenvalue weighted by Gasteiger charge is -2.21. The number of benzene rings is 20. The van der Waals surface area contributed by atoms with Gasteiger partial charge in [-0.15, -0.1) is 0 Å². The molecule has 8 heterocycles. The van der Waals surface area contributed by atoms with Crippen LogP contribution in [0.2, 0.25) is 0 Å². The van der Waals surface area contributed by atoms with Crippen LogP contribution < -0.4 is 0 Å². The molecule has 2 aliphatic carbocycles. The molecule has 0 N–H and O–H groups in total. The van der Waals surface area contributed by atoms with Crippen molar-refractivity contribution in [3.63, 3.8) is 0 Å². The Bertz CT molecular complexity index is 10100. The molecule has 20 aromatic carbocycles. The van der Waals surface area contributed by atoms with Gasteiger partial charge in [0.1, 0.15) is 22.3 Å². The van der Waals surface area contributed by atoms with Gasteiger partial charge in [-0.05, 0) is 218 Å². The van der Waals surface area contributed by atoms with Crippen LogP contribution in [0.5, 0.6) is 0 Å². The Hall–Kier alpha value is -18.8. The zero-order chi connectivity index (χ0) is 95.3. The molecule has 30 rings (SSSR count). The predicted molar refractivity (Wildman–Crippen MR) is 590 cm³/mol. The van der Waals surface area contributed by atoms with Crippen molar-refractivity contribution in [3.8, 4) is 136 Å². The van der Waals surface area contributed by atoms with Crippen molar-refractivity contribution in [1.82, 2.24) is 48.2 Å². The third kappa shape index (κ3) is 12.8. The van der Waals surface area contributed by atoms with E-state index in [9.17, 15) is 0 Å². The number of furan rings is 2. The van der Waals surface area contributed by atoms with Crippen molar-refractivity contribution < 1.29 is 8.83 Å². The lowest BCUT2D eigenvalue weighted by atomic mass is 9.82. The number of hydrogen-bond acceptors (Lipinski definition) is 8. The molecule has 0 unspecified atom stereocenters. The Morgan fingerprint density at radius 3 is 0.875 bits per heavy atom. The first-order chi connectivity index (χ1) is 70.9. The average molecular weight is 1840 g/mol. The van der Waals surface area contributed by atoms with E-state index in [0.717, 1.165) is 111 Å². The van der Waals surface area contributed by atoms with Gasteiger partial charge in [-0.1, -0.05) is 325 Å². The van der Waals surface area contributed by atoms with E-state index in [1.54, 1.807) is 0 Å². The molecule has 0 saturated carbocycles. The third-order valence-corrected chi connectivity index (χ3v) is 30.3. The Labute approximate surface area is 827 Å². The molecule has 0 amide bonds. The summed E-state index contributed by atoms with van der Waals surface area (Å²) in [5.41, 5.74) is 37.2. The smallest absolute Gasteiger partial charge is 0.167 e. The SMILES string of the molecule is CC1(C)c2ccccc2-c2cc3c4cc(-c5ccc6c(c5)c5ccccc5n6-c5ccccc5)ccc4n(-c4ccc5oc6c(-c7nc(-c8ccccc8)nc(-c8ccccc8)n7)cccc6c5c4)c3cc21.CC1(C)c2ccccc2-c2cc3c4cc(-c5ccc6c7ccccc7n(-c7ccccc7)c6c5)ccc4n(-c4ccc5oc6c(-c7nc(-c8ccccc8)nc(-c8ccccc8)n7)cccc6c5c4)c3cc21. The largest absolute Gasteiger partial charge is 0.455 e. The van der Waals surface area contributed by atoms with Crippen LogP contribution in [0.3, 0.4) is 0 Å². The van der Waals surface area contributed by atoms with Crippen molar-refractivity contribution in [3.05, 3.63) is 471 Å². The Balaban J connectivity index is 0.000000137. The van der Waals surface area contributed by atoms with E-state index < -0.39 is 0 Å². The van der Waals surface area contributed by atoms with Gasteiger partial charge in [0.15, 0.2) is 34.9 Å². The first-order valence-corrected chi connectivity index (χ1v) is 49.2. The minimum Gasteiger partial charge on any atom is -0.455 e. The average Bonchev–Trinajstić information content (AvgIpc) is 1.54. The van der Waals surface area contributed by atoms with Crippen LogP contribution in [0.15, 0.2) is 458 Å². The standard InChI is InChI=1S/2C66H43N5O/c1-66(2)55-27-14-12-23-46(55)51-38-53-52-35-42(43-29-32-48-47-24-13-15-28-57(47)70(59(48)36-43)44-21-10-5-11-22-44)30-33-58(52)71(60(53)39-56(51)66)45-31-34-61-54(37-45)49-25-16-26-50(62(49)72-61)65-68-63(40-17-6-3-7-18-40)67-64(69-65)41-19-8-4-9-20-41;1-66(2)55-27-14-12-23-46(55)50-38-53-52-36-43(42-29-32-58-51(35-42)47-24-13-15-28-57(47)70(58)44-21-10-5-11-22-44)30-33-59(52)71(60(53)39-56(50)66)45-31-34-61-54(37-45)48-25-16-26-49(62(48)72-61)65-68-63(40-17-6-3-7-18-40)67-64(69-65)41-19-8-4-9-20-41/h2*3-39H,1-2H3. The molecule has 0 bridgehead atoms. The fourth-order valence-corrected chi connectivity index (χ4v) is 23.4. The fraction of sp³-hybridized carbons (Fsp3) is 0.0455. The number of fused-ring (bicyclic) bond motifs is 24. The van der Waals surface area contributed by atoms with Crippen LogP contribution in [0.25, 0.3) is 267 Å². The first kappa shape index (κ1) is 82.3. The van der Waals surface area contributed by atoms with E-state index in [4.69, 9.17) is 38.7 Å². The highest BCUT2D eigenvalue weighted by molar-refractivity contribution is 6.19. The van der Waals surface area contributed by atoms with E-state index in [2.05, 4.69) is 374 Å². The summed E-state index contributed by atoms with van der Waals surface area (Å²) in [6.07, 6.45) is 0. The van der Waals surface area contributed by atoms with Crippen LogP contribution in [0.1, 0.15) is 49.9 Å². The Morgan fingerprint density at radius 1 is 0.167 bits per heavy atom. The summed E-state index contributed by atoms with van der Waals surface area (Å²) >= 11 is 0. The number of para-hydroxylation sites is 6. The lowest BCUT2D eigenvalue weighted by molar-refractivity contribution is 0.661. The molecular weight excluding hydrogens is 1760 g/mol. The minimum atomic E-state index is -0.171. The second-order valence-electron chi connectivity index (χ2n) is 39.2. The second kappa shape index (κ2) is 31.9. The molecule has 12 nitrogen and oxygen atoms in total. The lowest BCUT2D eigenvalue weighted by Crippen LogP contribution is -2.14. The van der Waals surface area contributed by atoms with E-state index >= 15 is 0 Å². The Kier molecular flexibility index (Phi) is 18.2. The van der Waals surface area contributed by atoms with Crippen molar-refractivity contribution in [2.24, 2.45) is 0 Å². The van der Waals surface area contributed by atoms with Crippen LogP contribution in [-0.4, -0.2) is 48.2 Å². The molecule has 0 radical (unpaired) electrons. The van der Waals surface area contributed by atoms with Gasteiger partial charge >= 0.3 is 0 Å². The molecule has 28 aromatic rings. The first-order valence-electron chi connectivity index (χ1n) is 49.2. The van der Waals surface area contributed by atoms with Crippen LogP contribution >= 0.6 is 0 Å². The maximum absolute atomic E-state index is 6.84. The summed E-state index contributed by atoms with van der Waals surface area (Å²) in [6, 6.07) is 161. The summed E-state index contributed by atoms with van der Waals surface area (Å²) in [5.74, 6) is 3.56. The van der Waals surface area contributed by atoms with Crippen molar-refractivity contribution in [1.29, 1.82) is 0 Å². The topological polar surface area (TPSA) is 123 Å². The van der Waals surface area contributed by atoms with Gasteiger partial charge in [-0.2, -0.15) is 0 Å². The highest BCUT2D eigenvalue weighted by Crippen LogP contribution is 2.55. The highest BCUT2D eigenvalue weighted by atomic mass is 16.3. The highest BCUT2D eigenvalue weighted by Gasteiger charge is 2.39. The van der Waals surface area contributed by atoms with Crippen LogP contribution in [-0.2, 0) is 10.8 Å². The van der Waals surface area contributed by atoms with Crippen LogP contribution in [0.4, 0.5) is 0 Å². The number of nitrogens with zero attached hydrogens (tertiary/aromatic N) is 10. The van der Waals surface area contributed by atoms with E-state index in [0.29, 0.717) is 34.9 Å². The summed E-state index contributed by atoms with van der Waals surface area (Å²) in [6.45, 7) is 9.44. The zero-order valence-electron chi connectivity index (χ0n) is 79.0. The summed E-state index contributed by atoms with van der Waals surface area (Å²) in [7, 11) is 0. The quantitative estimate of drug-likeness (QED) is 0.118. The van der Waals surface area contributed by atoms with Crippen molar-refractivity contribution in [2.75, 3.05) is 0 Å². The van der Waals surface area contributed by atoms with E-state index in [1.807, 2.05) is 121 Å². The molecule has 0 saturated heterocycles. The van der Waals surface area contributed by atoms with Gasteiger partial charge < -0.3 is 27.1 Å². The molecular formula is C132H86N10O2. The maximum atomic E-state index is 6.84. The van der Waals surface area contributed by atoms with E-state index in [1.165, 1.54) is 143 Å². The fourth-order valence-electron chi connectivity index (χ4n) is 23.4. The monoisotopic (exact) mass is 1840 g/mol. The molecule has 2 aliphatic rings. The normalized spacial score (nSPS) is 13.0. The molecule has 12 heteroatoms. The van der Waals surface area contributed by atoms with Crippen molar-refractivity contribution in [2.45, 2.75) is 38.5 Å². The molecule has 0 spiro atoms. The zero-order valence-corrected chi connectivity index (χ0v) is 79.0. The molecule has 0 fully saturated rings. The maximum Gasteiger partial charge on any atom is 0.167 e. The van der Waals surface area contributed by atoms with Gasteiger partial charge in [0.2, 0.25) is 0 Å². The molecule has 676 valence electrons. The summed E-state index contributed by atoms with van der Waals surface area (Å²) < 4.78 is 23.4. The number of aromatic nitrogens is 10. The van der Waals surface area contributed by atoms with Crippen LogP contribution in [0, 0.1) is 0 Å². The van der Waals surface area contributed by atoms with Crippen molar-refractivity contribution >= 4 is 131 Å². The molecule has 0 atom stereocenters. The number of rotatable bonds is 12. The summed E-state index contributed by atoms with van der Waals surface area (Å²) in [4.78, 5) is 30.3. The number of hydrogen-bond donors (Lipinski definition) is 0. The van der Waals surface area contributed by atoms with E-state index in [-0.39, 0.29) is 10.8 Å². The minimum absolute atomic E-state index is 0.169. The van der Waals surface area contributed by atoms with Gasteiger partial charge in [-0.3, -0.25) is 0 Å². The molecule has 144 heavy (non-hydrogen) atoms. The van der Waals surface area contributed by atoms with Gasteiger partial charge in [0.05, 0.1) is 55.3 Å². The Morgan fingerprint density at radius 2 is 0.458 bits per heavy atom. The third-order valence-electron chi connectivity index (χ3n) is 30.3. The predicted octanol–water partition coefficient (Wildman–Crippen LogP) is 33.9. The van der Waals surface area contributed by atoms with Gasteiger partial charge in [0, 0.05) is 120 Å². The van der Waals surface area contributed by atoms with Gasteiger partial charge in [0.25, 0.3) is 0 Å². The van der Waals surface area contributed by atoms with Gasteiger partial charge in [-0.25, -0.2) is 29.9 Å². The summed E-state index contributed by atoms with van der Waals surface area (Å²) in [5, 5.41) is 13.8. The molecule has 0 aliphatic heterocycles. The second-order valence-corrected chi connectivity index (χ2v) is 39.2. The molecule has 8 aromatic heterocycles.